The van der Waals surface area contributed by atoms with E-state index < -0.39 is 0 Å². The standard InChI is InChI=1S/C13H17BrN4O/c1-8-3-5-15-12(11(8)14)18-6-4-10-9(7-18)16-13(19)17(10)2/h3,5,9-10H,4,6-7H2,1-2H3,(H,16,19)/t9-,10+/m1/s1. The number of nitrogens with zero attached hydrogens (tertiary/aromatic N) is 3. The highest BCUT2D eigenvalue weighted by Crippen LogP contribution is 2.30. The number of halogens is 1. The number of urea groups is 1. The summed E-state index contributed by atoms with van der Waals surface area (Å²) in [4.78, 5) is 20.2. The molecular formula is C13H17BrN4O. The molecule has 3 heterocycles. The van der Waals surface area contributed by atoms with Gasteiger partial charge in [0.05, 0.1) is 16.6 Å². The van der Waals surface area contributed by atoms with Crippen LogP contribution in [-0.4, -0.2) is 48.1 Å². The normalized spacial score (nSPS) is 26.4. The Balaban J connectivity index is 1.82. The van der Waals surface area contributed by atoms with Crippen molar-refractivity contribution in [2.24, 2.45) is 0 Å². The van der Waals surface area contributed by atoms with Crippen LogP contribution in [0.2, 0.25) is 0 Å². The van der Waals surface area contributed by atoms with Crippen molar-refractivity contribution >= 4 is 27.8 Å². The number of fused-ring (bicyclic) bond motifs is 1. The summed E-state index contributed by atoms with van der Waals surface area (Å²) in [5.41, 5.74) is 1.18. The van der Waals surface area contributed by atoms with Crippen molar-refractivity contribution in [1.29, 1.82) is 0 Å². The lowest BCUT2D eigenvalue weighted by molar-refractivity contribution is 0.212. The van der Waals surface area contributed by atoms with Crippen LogP contribution in [0.3, 0.4) is 0 Å². The maximum absolute atomic E-state index is 11.7. The van der Waals surface area contributed by atoms with Gasteiger partial charge in [-0.1, -0.05) is 0 Å². The summed E-state index contributed by atoms with van der Waals surface area (Å²) in [6.07, 6.45) is 2.81. The number of hydrogen-bond donors (Lipinski definition) is 1. The van der Waals surface area contributed by atoms with E-state index in [9.17, 15) is 4.79 Å². The van der Waals surface area contributed by atoms with E-state index in [1.54, 1.807) is 0 Å². The van der Waals surface area contributed by atoms with Crippen molar-refractivity contribution in [3.63, 3.8) is 0 Å². The zero-order chi connectivity index (χ0) is 13.6. The average Bonchev–Trinajstić information content (AvgIpc) is 2.68. The molecule has 102 valence electrons. The summed E-state index contributed by atoms with van der Waals surface area (Å²) in [7, 11) is 1.87. The number of rotatable bonds is 1. The molecule has 1 aromatic heterocycles. The minimum absolute atomic E-state index is 0.0353. The van der Waals surface area contributed by atoms with Gasteiger partial charge in [-0.05, 0) is 40.9 Å². The third-order valence-corrected chi connectivity index (χ3v) is 5.05. The smallest absolute Gasteiger partial charge is 0.317 e. The SMILES string of the molecule is Cc1ccnc(N2CC[C@H]3[C@@H](C2)NC(=O)N3C)c1Br. The van der Waals surface area contributed by atoms with Crippen molar-refractivity contribution < 1.29 is 4.79 Å². The van der Waals surface area contributed by atoms with Crippen molar-refractivity contribution in [2.75, 3.05) is 25.0 Å². The highest BCUT2D eigenvalue weighted by molar-refractivity contribution is 9.10. The van der Waals surface area contributed by atoms with Gasteiger partial charge in [-0.2, -0.15) is 0 Å². The van der Waals surface area contributed by atoms with Crippen LogP contribution in [0.1, 0.15) is 12.0 Å². The summed E-state index contributed by atoms with van der Waals surface area (Å²) in [5, 5.41) is 3.04. The van der Waals surface area contributed by atoms with Crippen LogP contribution >= 0.6 is 15.9 Å². The van der Waals surface area contributed by atoms with Crippen LogP contribution < -0.4 is 10.2 Å². The molecule has 5 nitrogen and oxygen atoms in total. The molecule has 2 fully saturated rings. The Bertz CT molecular complexity index is 521. The number of amides is 2. The topological polar surface area (TPSA) is 48.5 Å². The lowest BCUT2D eigenvalue weighted by atomic mass is 10.0. The molecule has 2 amide bonds. The van der Waals surface area contributed by atoms with E-state index in [1.165, 1.54) is 5.56 Å². The average molecular weight is 325 g/mol. The molecule has 0 unspecified atom stereocenters. The van der Waals surface area contributed by atoms with Gasteiger partial charge in [0.25, 0.3) is 0 Å². The molecule has 6 heteroatoms. The fourth-order valence-corrected chi connectivity index (χ4v) is 3.38. The van der Waals surface area contributed by atoms with E-state index in [4.69, 9.17) is 0 Å². The molecule has 3 rings (SSSR count). The molecule has 2 aliphatic heterocycles. The maximum Gasteiger partial charge on any atom is 0.317 e. The van der Waals surface area contributed by atoms with Gasteiger partial charge < -0.3 is 15.1 Å². The Labute approximate surface area is 121 Å². The number of carbonyl (C=O) groups excluding carboxylic acids is 1. The minimum atomic E-state index is 0.0353. The number of aromatic nitrogens is 1. The molecular weight excluding hydrogens is 308 g/mol. The van der Waals surface area contributed by atoms with Gasteiger partial charge in [0.15, 0.2) is 0 Å². The maximum atomic E-state index is 11.7. The number of aryl methyl sites for hydroxylation is 1. The first kappa shape index (κ1) is 12.7. The number of likely N-dealkylation sites (N-methyl/N-ethyl adjacent to an activating group) is 1. The predicted octanol–water partition coefficient (Wildman–Crippen LogP) is 1.75. The van der Waals surface area contributed by atoms with Crippen LogP contribution in [0.5, 0.6) is 0 Å². The fourth-order valence-electron chi connectivity index (χ4n) is 2.89. The largest absolute Gasteiger partial charge is 0.353 e. The van der Waals surface area contributed by atoms with Crippen molar-refractivity contribution in [2.45, 2.75) is 25.4 Å². The second-order valence-corrected chi connectivity index (χ2v) is 6.03. The van der Waals surface area contributed by atoms with Crippen LogP contribution in [0, 0.1) is 6.92 Å². The lowest BCUT2D eigenvalue weighted by Crippen LogP contribution is -2.51. The highest BCUT2D eigenvalue weighted by Gasteiger charge is 2.41. The summed E-state index contributed by atoms with van der Waals surface area (Å²) < 4.78 is 1.05. The minimum Gasteiger partial charge on any atom is -0.353 e. The number of anilines is 1. The van der Waals surface area contributed by atoms with Crippen LogP contribution in [0.25, 0.3) is 0 Å². The second-order valence-electron chi connectivity index (χ2n) is 5.23. The first-order valence-corrected chi connectivity index (χ1v) is 7.26. The van der Waals surface area contributed by atoms with Gasteiger partial charge in [-0.25, -0.2) is 9.78 Å². The molecule has 0 spiro atoms. The number of pyridine rings is 1. The number of carbonyl (C=O) groups is 1. The first-order valence-electron chi connectivity index (χ1n) is 6.47. The Hall–Kier alpha value is -1.30. The predicted molar refractivity (Wildman–Crippen MR) is 77.4 cm³/mol. The van der Waals surface area contributed by atoms with E-state index in [-0.39, 0.29) is 12.1 Å². The van der Waals surface area contributed by atoms with Gasteiger partial charge >= 0.3 is 6.03 Å². The molecule has 2 saturated heterocycles. The molecule has 0 aromatic carbocycles. The summed E-state index contributed by atoms with van der Waals surface area (Å²) in [5.74, 6) is 0.974. The zero-order valence-electron chi connectivity index (χ0n) is 11.1. The van der Waals surface area contributed by atoms with Crippen molar-refractivity contribution in [3.8, 4) is 0 Å². The molecule has 0 aliphatic carbocycles. The molecule has 19 heavy (non-hydrogen) atoms. The second kappa shape index (κ2) is 4.67. The summed E-state index contributed by atoms with van der Waals surface area (Å²) in [6, 6.07) is 2.53. The summed E-state index contributed by atoms with van der Waals surface area (Å²) >= 11 is 3.61. The van der Waals surface area contributed by atoms with Crippen molar-refractivity contribution in [3.05, 3.63) is 22.3 Å². The molecule has 2 atom stereocenters. The summed E-state index contributed by atoms with van der Waals surface area (Å²) in [6.45, 7) is 3.80. The van der Waals surface area contributed by atoms with Gasteiger partial charge in [-0.15, -0.1) is 0 Å². The van der Waals surface area contributed by atoms with Gasteiger partial charge in [0.2, 0.25) is 0 Å². The molecule has 0 bridgehead atoms. The molecule has 2 aliphatic rings. The number of nitrogens with one attached hydrogen (secondary N) is 1. The first-order chi connectivity index (χ1) is 9.08. The van der Waals surface area contributed by atoms with E-state index in [2.05, 4.69) is 38.1 Å². The van der Waals surface area contributed by atoms with Gasteiger partial charge in [-0.3, -0.25) is 0 Å². The van der Waals surface area contributed by atoms with Gasteiger partial charge in [0, 0.05) is 26.3 Å². The monoisotopic (exact) mass is 324 g/mol. The Morgan fingerprint density at radius 2 is 2.32 bits per heavy atom. The number of hydrogen-bond acceptors (Lipinski definition) is 3. The van der Waals surface area contributed by atoms with Crippen LogP contribution in [-0.2, 0) is 0 Å². The van der Waals surface area contributed by atoms with Gasteiger partial charge in [0.1, 0.15) is 5.82 Å². The zero-order valence-corrected chi connectivity index (χ0v) is 12.6. The Morgan fingerprint density at radius 1 is 1.53 bits per heavy atom. The third kappa shape index (κ3) is 2.08. The highest BCUT2D eigenvalue weighted by atomic mass is 79.9. The van der Waals surface area contributed by atoms with E-state index >= 15 is 0 Å². The van der Waals surface area contributed by atoms with E-state index in [0.29, 0.717) is 6.04 Å². The number of piperidine rings is 1. The Morgan fingerprint density at radius 3 is 3.11 bits per heavy atom. The molecule has 0 saturated carbocycles. The van der Waals surface area contributed by atoms with E-state index in [0.717, 1.165) is 29.8 Å². The molecule has 1 aromatic rings. The van der Waals surface area contributed by atoms with Crippen LogP contribution in [0.15, 0.2) is 16.7 Å². The van der Waals surface area contributed by atoms with Crippen LogP contribution in [0.4, 0.5) is 10.6 Å². The lowest BCUT2D eigenvalue weighted by Gasteiger charge is -2.36. The van der Waals surface area contributed by atoms with Crippen molar-refractivity contribution in [1.82, 2.24) is 15.2 Å². The Kier molecular flexibility index (Phi) is 3.12. The molecule has 1 N–H and O–H groups in total. The quantitative estimate of drug-likeness (QED) is 0.856. The third-order valence-electron chi connectivity index (χ3n) is 4.07. The fraction of sp³-hybridized carbons (Fsp3) is 0.538. The van der Waals surface area contributed by atoms with E-state index in [1.807, 2.05) is 24.2 Å². The molecule has 0 radical (unpaired) electrons.